The maximum absolute atomic E-state index is 9.03. The standard InChI is InChI=1S/C15H15N3O/c16-14-6-5-13-8-17-18(15(13)7-14)9-11-1-3-12(10-19)4-2-11/h1-8,19H,9-10,16H2. The number of fused-ring (bicyclic) bond motifs is 1. The van der Waals surface area contributed by atoms with Crippen LogP contribution in [0.4, 0.5) is 5.69 Å². The zero-order valence-electron chi connectivity index (χ0n) is 10.5. The first-order chi connectivity index (χ1) is 9.26. The lowest BCUT2D eigenvalue weighted by Crippen LogP contribution is -2.01. The molecule has 3 rings (SSSR count). The summed E-state index contributed by atoms with van der Waals surface area (Å²) in [6, 6.07) is 13.7. The number of anilines is 1. The lowest BCUT2D eigenvalue weighted by molar-refractivity contribution is 0.282. The van der Waals surface area contributed by atoms with Crippen molar-refractivity contribution in [2.45, 2.75) is 13.2 Å². The van der Waals surface area contributed by atoms with Crippen molar-refractivity contribution >= 4 is 16.6 Å². The Morgan fingerprint density at radius 2 is 1.79 bits per heavy atom. The molecule has 3 N–H and O–H groups in total. The van der Waals surface area contributed by atoms with Gasteiger partial charge in [0.2, 0.25) is 0 Å². The summed E-state index contributed by atoms with van der Waals surface area (Å²) in [7, 11) is 0. The van der Waals surface area contributed by atoms with Crippen LogP contribution in [0.5, 0.6) is 0 Å². The molecule has 3 aromatic rings. The van der Waals surface area contributed by atoms with E-state index < -0.39 is 0 Å². The van der Waals surface area contributed by atoms with E-state index >= 15 is 0 Å². The normalized spacial score (nSPS) is 11.0. The van der Waals surface area contributed by atoms with Gasteiger partial charge >= 0.3 is 0 Å². The number of nitrogens with zero attached hydrogens (tertiary/aromatic N) is 2. The first-order valence-corrected chi connectivity index (χ1v) is 6.16. The predicted octanol–water partition coefficient (Wildman–Crippen LogP) is 2.16. The molecule has 0 bridgehead atoms. The largest absolute Gasteiger partial charge is 0.399 e. The number of aromatic nitrogens is 2. The number of rotatable bonds is 3. The molecule has 0 radical (unpaired) electrons. The van der Waals surface area contributed by atoms with Gasteiger partial charge in [0.15, 0.2) is 0 Å². The van der Waals surface area contributed by atoms with Gasteiger partial charge in [-0.3, -0.25) is 4.68 Å². The van der Waals surface area contributed by atoms with Crippen LogP contribution in [0.3, 0.4) is 0 Å². The Kier molecular flexibility index (Phi) is 2.93. The van der Waals surface area contributed by atoms with Crippen molar-refractivity contribution in [1.82, 2.24) is 9.78 Å². The number of nitrogens with two attached hydrogens (primary N) is 1. The maximum Gasteiger partial charge on any atom is 0.0706 e. The second-order valence-electron chi connectivity index (χ2n) is 4.60. The van der Waals surface area contributed by atoms with E-state index in [0.717, 1.165) is 27.7 Å². The molecule has 0 saturated carbocycles. The molecule has 2 aromatic carbocycles. The second kappa shape index (κ2) is 4.74. The number of nitrogen functional groups attached to an aromatic ring is 1. The minimum Gasteiger partial charge on any atom is -0.399 e. The summed E-state index contributed by atoms with van der Waals surface area (Å²) in [5, 5.41) is 14.5. The highest BCUT2D eigenvalue weighted by Crippen LogP contribution is 2.18. The lowest BCUT2D eigenvalue weighted by atomic mass is 10.1. The monoisotopic (exact) mass is 253 g/mol. The van der Waals surface area contributed by atoms with Crippen LogP contribution in [0.15, 0.2) is 48.7 Å². The molecular formula is C15H15N3O. The van der Waals surface area contributed by atoms with Crippen LogP contribution in [0.25, 0.3) is 10.9 Å². The average Bonchev–Trinajstić information content (AvgIpc) is 2.82. The zero-order chi connectivity index (χ0) is 13.2. The molecule has 0 fully saturated rings. The number of hydrogen-bond donors (Lipinski definition) is 2. The van der Waals surface area contributed by atoms with Crippen LogP contribution in [-0.2, 0) is 13.2 Å². The van der Waals surface area contributed by atoms with Gasteiger partial charge in [0.05, 0.1) is 24.9 Å². The molecule has 4 heteroatoms. The van der Waals surface area contributed by atoms with Gasteiger partial charge in [0, 0.05) is 11.1 Å². The number of aliphatic hydroxyl groups is 1. The van der Waals surface area contributed by atoms with Crippen molar-refractivity contribution in [3.8, 4) is 0 Å². The smallest absolute Gasteiger partial charge is 0.0706 e. The fourth-order valence-electron chi connectivity index (χ4n) is 2.14. The van der Waals surface area contributed by atoms with Crippen molar-refractivity contribution in [2.24, 2.45) is 0 Å². The highest BCUT2D eigenvalue weighted by Gasteiger charge is 2.04. The van der Waals surface area contributed by atoms with Crippen LogP contribution in [0, 0.1) is 0 Å². The molecule has 0 amide bonds. The summed E-state index contributed by atoms with van der Waals surface area (Å²) in [5.41, 5.74) is 9.65. The van der Waals surface area contributed by atoms with Gasteiger partial charge < -0.3 is 10.8 Å². The van der Waals surface area contributed by atoms with Crippen molar-refractivity contribution in [1.29, 1.82) is 0 Å². The minimum absolute atomic E-state index is 0.0709. The van der Waals surface area contributed by atoms with E-state index in [1.807, 2.05) is 53.3 Å². The topological polar surface area (TPSA) is 64.1 Å². The van der Waals surface area contributed by atoms with E-state index in [9.17, 15) is 0 Å². The Balaban J connectivity index is 1.93. The van der Waals surface area contributed by atoms with Crippen molar-refractivity contribution < 1.29 is 5.11 Å². The van der Waals surface area contributed by atoms with Gasteiger partial charge in [0.25, 0.3) is 0 Å². The molecule has 19 heavy (non-hydrogen) atoms. The highest BCUT2D eigenvalue weighted by atomic mass is 16.3. The van der Waals surface area contributed by atoms with Gasteiger partial charge in [0.1, 0.15) is 0 Å². The maximum atomic E-state index is 9.03. The molecule has 0 unspecified atom stereocenters. The molecule has 0 aliphatic heterocycles. The first kappa shape index (κ1) is 11.7. The SMILES string of the molecule is Nc1ccc2cnn(Cc3ccc(CO)cc3)c2c1. The molecule has 0 aliphatic rings. The molecule has 4 nitrogen and oxygen atoms in total. The van der Waals surface area contributed by atoms with Crippen LogP contribution < -0.4 is 5.73 Å². The van der Waals surface area contributed by atoms with E-state index in [1.165, 1.54) is 0 Å². The molecule has 0 saturated heterocycles. The lowest BCUT2D eigenvalue weighted by Gasteiger charge is -2.05. The van der Waals surface area contributed by atoms with Crippen molar-refractivity contribution in [3.05, 3.63) is 59.8 Å². The Morgan fingerprint density at radius 3 is 2.53 bits per heavy atom. The molecule has 0 atom stereocenters. The quantitative estimate of drug-likeness (QED) is 0.703. The fourth-order valence-corrected chi connectivity index (χ4v) is 2.14. The zero-order valence-corrected chi connectivity index (χ0v) is 10.5. The number of aliphatic hydroxyl groups excluding tert-OH is 1. The molecule has 1 heterocycles. The van der Waals surface area contributed by atoms with Crippen LogP contribution in [0.1, 0.15) is 11.1 Å². The third-order valence-electron chi connectivity index (χ3n) is 3.21. The number of benzene rings is 2. The van der Waals surface area contributed by atoms with Gasteiger partial charge in [-0.1, -0.05) is 24.3 Å². The molecule has 1 aromatic heterocycles. The Bertz CT molecular complexity index is 701. The Hall–Kier alpha value is -2.33. The highest BCUT2D eigenvalue weighted by molar-refractivity contribution is 5.81. The third-order valence-corrected chi connectivity index (χ3v) is 3.21. The number of hydrogen-bond acceptors (Lipinski definition) is 3. The van der Waals surface area contributed by atoms with E-state index in [2.05, 4.69) is 5.10 Å². The average molecular weight is 253 g/mol. The Morgan fingerprint density at radius 1 is 1.05 bits per heavy atom. The van der Waals surface area contributed by atoms with Gasteiger partial charge in [-0.05, 0) is 29.3 Å². The third kappa shape index (κ3) is 2.30. The summed E-state index contributed by atoms with van der Waals surface area (Å²) in [5.74, 6) is 0. The van der Waals surface area contributed by atoms with Crippen molar-refractivity contribution in [2.75, 3.05) is 5.73 Å². The van der Waals surface area contributed by atoms with Crippen LogP contribution >= 0.6 is 0 Å². The van der Waals surface area contributed by atoms with Crippen LogP contribution in [-0.4, -0.2) is 14.9 Å². The van der Waals surface area contributed by atoms with Gasteiger partial charge in [-0.15, -0.1) is 0 Å². The summed E-state index contributed by atoms with van der Waals surface area (Å²) in [6.45, 7) is 0.764. The molecule has 0 spiro atoms. The van der Waals surface area contributed by atoms with Gasteiger partial charge in [-0.25, -0.2) is 0 Å². The Labute approximate surface area is 111 Å². The molecule has 96 valence electrons. The molecular weight excluding hydrogens is 238 g/mol. The fraction of sp³-hybridized carbons (Fsp3) is 0.133. The minimum atomic E-state index is 0.0709. The summed E-state index contributed by atoms with van der Waals surface area (Å²) in [4.78, 5) is 0. The predicted molar refractivity (Wildman–Crippen MR) is 75.6 cm³/mol. The first-order valence-electron chi connectivity index (χ1n) is 6.16. The van der Waals surface area contributed by atoms with E-state index in [-0.39, 0.29) is 6.61 Å². The van der Waals surface area contributed by atoms with E-state index in [1.54, 1.807) is 0 Å². The second-order valence-corrected chi connectivity index (χ2v) is 4.60. The van der Waals surface area contributed by atoms with Crippen LogP contribution in [0.2, 0.25) is 0 Å². The summed E-state index contributed by atoms with van der Waals surface area (Å²) >= 11 is 0. The van der Waals surface area contributed by atoms with E-state index in [4.69, 9.17) is 10.8 Å². The summed E-state index contributed by atoms with van der Waals surface area (Å²) in [6.07, 6.45) is 1.84. The molecule has 0 aliphatic carbocycles. The van der Waals surface area contributed by atoms with Crippen molar-refractivity contribution in [3.63, 3.8) is 0 Å². The van der Waals surface area contributed by atoms with E-state index in [0.29, 0.717) is 6.54 Å². The van der Waals surface area contributed by atoms with Gasteiger partial charge in [-0.2, -0.15) is 5.10 Å². The summed E-state index contributed by atoms with van der Waals surface area (Å²) < 4.78 is 1.93.